The molecule has 0 spiro atoms. The third-order valence-corrected chi connectivity index (χ3v) is 22.5. The molecular weight excluding hydrogens is 920 g/mol. The molecule has 76 heavy (non-hydrogen) atoms. The largest absolute Gasteiger partial charge is 0.468 e. The van der Waals surface area contributed by atoms with Gasteiger partial charge in [0.2, 0.25) is 0 Å². The van der Waals surface area contributed by atoms with Crippen molar-refractivity contribution in [2.45, 2.75) is 257 Å². The van der Waals surface area contributed by atoms with E-state index in [2.05, 4.69) is 195 Å². The van der Waals surface area contributed by atoms with E-state index in [1.807, 2.05) is 0 Å². The maximum atomic E-state index is 7.92. The van der Waals surface area contributed by atoms with Crippen LogP contribution in [-0.2, 0) is 43.3 Å². The van der Waals surface area contributed by atoms with Gasteiger partial charge in [0.1, 0.15) is 5.58 Å². The number of aryl methyl sites for hydroxylation is 2. The highest BCUT2D eigenvalue weighted by atomic mass is 16.3. The summed E-state index contributed by atoms with van der Waals surface area (Å²) in [4.78, 5) is 5.62. The first-order valence-corrected chi connectivity index (χ1v) is 30.3. The van der Waals surface area contributed by atoms with E-state index in [1.54, 1.807) is 0 Å². The highest BCUT2D eigenvalue weighted by Crippen LogP contribution is 2.57. The quantitative estimate of drug-likeness (QED) is 0.164. The maximum Gasteiger partial charge on any atom is 0.297 e. The van der Waals surface area contributed by atoms with Crippen molar-refractivity contribution in [3.05, 3.63) is 122 Å². The summed E-state index contributed by atoms with van der Waals surface area (Å²) in [6.45, 7) is 44.8. The van der Waals surface area contributed by atoms with E-state index in [9.17, 15) is 0 Å². The molecule has 0 amide bonds. The van der Waals surface area contributed by atoms with Crippen molar-refractivity contribution in [1.82, 2.24) is 0 Å². The average molecular weight is 1010 g/mol. The van der Waals surface area contributed by atoms with Crippen molar-refractivity contribution < 1.29 is 4.42 Å². The van der Waals surface area contributed by atoms with Gasteiger partial charge in [-0.2, -0.15) is 0 Å². The van der Waals surface area contributed by atoms with Crippen LogP contribution in [0, 0.1) is 13.8 Å². The van der Waals surface area contributed by atoms with Gasteiger partial charge in [0.15, 0.2) is 0 Å². The van der Waals surface area contributed by atoms with Crippen LogP contribution in [0.15, 0.2) is 65.1 Å². The Balaban J connectivity index is 1.20. The number of benzene rings is 5. The molecule has 0 radical (unpaired) electrons. The molecule has 0 N–H and O–H groups in total. The van der Waals surface area contributed by atoms with Crippen LogP contribution >= 0.6 is 0 Å². The second kappa shape index (κ2) is 16.0. The molecule has 398 valence electrons. The summed E-state index contributed by atoms with van der Waals surface area (Å²) in [6, 6.07) is 26.6. The number of hydrogen-bond acceptors (Lipinski definition) is 3. The number of hydrogen-bond donors (Lipinski definition) is 0. The predicted octanol–water partition coefficient (Wildman–Crippen LogP) is 18.6. The lowest BCUT2D eigenvalue weighted by Crippen LogP contribution is -2.61. The molecule has 7 aliphatic rings. The molecule has 0 saturated heterocycles. The topological polar surface area (TPSA) is 19.6 Å². The van der Waals surface area contributed by atoms with E-state index in [1.165, 1.54) is 195 Å². The van der Waals surface area contributed by atoms with Crippen LogP contribution in [0.3, 0.4) is 0 Å². The molecular formula is C72H91BN2O. The number of rotatable bonds is 3. The smallest absolute Gasteiger partial charge is 0.297 e. The molecule has 0 unspecified atom stereocenters. The molecule has 6 aromatic rings. The third-order valence-electron chi connectivity index (χ3n) is 22.5. The van der Waals surface area contributed by atoms with Gasteiger partial charge < -0.3 is 14.2 Å². The molecule has 3 nitrogen and oxygen atoms in total. The molecule has 13 rings (SSSR count). The molecule has 5 aliphatic carbocycles. The first kappa shape index (κ1) is 50.8. The fourth-order valence-corrected chi connectivity index (χ4v) is 16.7. The van der Waals surface area contributed by atoms with Gasteiger partial charge in [0.25, 0.3) is 6.71 Å². The summed E-state index contributed by atoms with van der Waals surface area (Å²) in [6.07, 6.45) is 15.9. The van der Waals surface area contributed by atoms with Gasteiger partial charge >= 0.3 is 0 Å². The van der Waals surface area contributed by atoms with Crippen molar-refractivity contribution >= 4 is 68.4 Å². The highest BCUT2D eigenvalue weighted by molar-refractivity contribution is 7.00. The molecule has 1 fully saturated rings. The van der Waals surface area contributed by atoms with Gasteiger partial charge in [0.05, 0.1) is 11.3 Å². The fraction of sp³-hybridized carbons (Fsp3) is 0.556. The Morgan fingerprint density at radius 3 is 1.22 bits per heavy atom. The Labute approximate surface area is 459 Å². The Morgan fingerprint density at radius 2 is 0.763 bits per heavy atom. The van der Waals surface area contributed by atoms with Crippen LogP contribution in [0.25, 0.3) is 11.0 Å². The van der Waals surface area contributed by atoms with E-state index >= 15 is 0 Å². The van der Waals surface area contributed by atoms with Crippen molar-refractivity contribution in [1.29, 1.82) is 0 Å². The number of furan rings is 1. The van der Waals surface area contributed by atoms with E-state index in [0.717, 1.165) is 11.2 Å². The van der Waals surface area contributed by atoms with Crippen molar-refractivity contribution in [3.8, 4) is 0 Å². The number of anilines is 6. The predicted molar refractivity (Wildman–Crippen MR) is 327 cm³/mol. The second-order valence-corrected chi connectivity index (χ2v) is 31.5. The molecule has 0 atom stereocenters. The normalized spacial score (nSPS) is 23.4. The van der Waals surface area contributed by atoms with Gasteiger partial charge in [-0.3, -0.25) is 0 Å². The lowest BCUT2D eigenvalue weighted by molar-refractivity contribution is 0.331. The van der Waals surface area contributed by atoms with E-state index in [0.29, 0.717) is 5.92 Å². The molecule has 1 aromatic heterocycles. The molecule has 5 aromatic carbocycles. The Kier molecular flexibility index (Phi) is 10.7. The molecule has 1 saturated carbocycles. The lowest BCUT2D eigenvalue weighted by Gasteiger charge is -2.48. The second-order valence-electron chi connectivity index (χ2n) is 31.5. The summed E-state index contributed by atoms with van der Waals surface area (Å²) < 4.78 is 7.92. The zero-order valence-electron chi connectivity index (χ0n) is 50.4. The van der Waals surface area contributed by atoms with Crippen LogP contribution < -0.4 is 26.4 Å². The zero-order valence-corrected chi connectivity index (χ0v) is 50.4. The Hall–Kier alpha value is -4.70. The van der Waals surface area contributed by atoms with Gasteiger partial charge in [-0.05, 0) is 242 Å². The Bertz CT molecular complexity index is 3470. The number of nitrogens with zero attached hydrogens (tertiary/aromatic N) is 2. The van der Waals surface area contributed by atoms with Gasteiger partial charge in [0, 0.05) is 33.8 Å². The van der Waals surface area contributed by atoms with Crippen LogP contribution in [0.4, 0.5) is 34.1 Å². The van der Waals surface area contributed by atoms with Crippen molar-refractivity contribution in [2.75, 3.05) is 9.80 Å². The minimum Gasteiger partial charge on any atom is -0.468 e. The molecule has 2 aliphatic heterocycles. The van der Waals surface area contributed by atoms with Crippen LogP contribution in [0.1, 0.15) is 261 Å². The lowest BCUT2D eigenvalue weighted by atomic mass is 9.35. The first-order chi connectivity index (χ1) is 35.4. The van der Waals surface area contributed by atoms with Gasteiger partial charge in [-0.15, -0.1) is 0 Å². The van der Waals surface area contributed by atoms with E-state index in [4.69, 9.17) is 4.42 Å². The SMILES string of the molecule is Cc1cc2c(cc1N1c3cc4c(cc3B3c5oc6cc7c(cc6c5N(c5cc6c(cc5C)C(C)(C)CCC6(C)C)c5cc(C6CCCCC6)cc1c53)C(C)(C)CCC7(C)C)C(C)(C)CCC4(C)C)C(C)(C)CCC2(C)C. The van der Waals surface area contributed by atoms with Crippen LogP contribution in [0.5, 0.6) is 0 Å². The summed E-state index contributed by atoms with van der Waals surface area (Å²) >= 11 is 0. The zero-order chi connectivity index (χ0) is 54.0. The summed E-state index contributed by atoms with van der Waals surface area (Å²) in [5, 5.41) is 1.27. The van der Waals surface area contributed by atoms with Crippen molar-refractivity contribution in [2.24, 2.45) is 0 Å². The molecule has 3 heterocycles. The fourth-order valence-electron chi connectivity index (χ4n) is 16.7. The summed E-state index contributed by atoms with van der Waals surface area (Å²) in [7, 11) is 0. The summed E-state index contributed by atoms with van der Waals surface area (Å²) in [5.41, 5.74) is 29.8. The average Bonchev–Trinajstić information content (AvgIpc) is 3.83. The molecule has 4 heteroatoms. The van der Waals surface area contributed by atoms with Gasteiger partial charge in [-0.25, -0.2) is 0 Å². The first-order valence-electron chi connectivity index (χ1n) is 30.3. The molecule has 0 bridgehead atoms. The standard InChI is InChI=1S/C72H91BN2O/c1-42-32-47-51(69(11,12)28-24-65(47,3)4)38-56(42)74-58-40-53-50(68(9,10)27-30-71(53,15)16)37-55(58)73-62-59(74)34-45(44-22-20-19-21-23-44)35-60(62)75(57-39-52-48(33-43(57)2)66(5,6)25-29-70(52,13)14)63-46-36-49-54(41-61(46)76-64(63)73)72(17,18)31-26-67(49,7)8/h32-41,44H,19-31H2,1-18H3. The highest BCUT2D eigenvalue weighted by Gasteiger charge is 2.51. The van der Waals surface area contributed by atoms with E-state index in [-0.39, 0.29) is 50.0 Å². The van der Waals surface area contributed by atoms with Crippen LogP contribution in [-0.4, -0.2) is 6.71 Å². The summed E-state index contributed by atoms with van der Waals surface area (Å²) in [5.74, 6) is 0.508. The number of fused-ring (bicyclic) bond motifs is 10. The monoisotopic (exact) mass is 1010 g/mol. The van der Waals surface area contributed by atoms with Gasteiger partial charge in [-0.1, -0.05) is 148 Å². The Morgan fingerprint density at radius 1 is 0.395 bits per heavy atom. The third kappa shape index (κ3) is 7.24. The minimum absolute atomic E-state index is 0.0322. The minimum atomic E-state index is -0.0962. The van der Waals surface area contributed by atoms with Crippen LogP contribution in [0.2, 0.25) is 0 Å². The van der Waals surface area contributed by atoms with E-state index < -0.39 is 0 Å². The maximum absolute atomic E-state index is 7.92. The van der Waals surface area contributed by atoms with Crippen molar-refractivity contribution in [3.63, 3.8) is 0 Å².